The van der Waals surface area contributed by atoms with Crippen LogP contribution >= 0.6 is 23.2 Å². The Kier molecular flexibility index (Phi) is 6.85. The molecule has 0 spiro atoms. The first-order chi connectivity index (χ1) is 8.15. The third kappa shape index (κ3) is 5.70. The summed E-state index contributed by atoms with van der Waals surface area (Å²) in [6, 6.07) is 5.56. The minimum absolute atomic E-state index is 0.128. The van der Waals surface area contributed by atoms with Crippen molar-refractivity contribution < 1.29 is 9.84 Å². The van der Waals surface area contributed by atoms with Crippen molar-refractivity contribution >= 4 is 23.2 Å². The Morgan fingerprint density at radius 3 is 2.47 bits per heavy atom. The molecular formula is C12H17Cl2NO2. The highest BCUT2D eigenvalue weighted by Crippen LogP contribution is 2.19. The summed E-state index contributed by atoms with van der Waals surface area (Å²) in [5.74, 6) is 0. The fraction of sp³-hybridized carbons (Fsp3) is 0.500. The smallest absolute Gasteiger partial charge is 0.0616 e. The predicted octanol–water partition coefficient (Wildman–Crippen LogP) is 2.48. The molecule has 0 aliphatic carbocycles. The quantitative estimate of drug-likeness (QED) is 0.805. The molecule has 1 rings (SSSR count). The van der Waals surface area contributed by atoms with Crippen LogP contribution in [-0.2, 0) is 11.3 Å². The van der Waals surface area contributed by atoms with Gasteiger partial charge in [0.2, 0.25) is 0 Å². The average molecular weight is 278 g/mol. The molecule has 96 valence electrons. The van der Waals surface area contributed by atoms with Gasteiger partial charge in [0.1, 0.15) is 0 Å². The van der Waals surface area contributed by atoms with Gasteiger partial charge in [0.25, 0.3) is 0 Å². The number of ether oxygens (including phenoxy) is 1. The second-order valence-corrected chi connectivity index (χ2v) is 4.70. The van der Waals surface area contributed by atoms with Gasteiger partial charge in [0, 0.05) is 36.3 Å². The van der Waals surface area contributed by atoms with Gasteiger partial charge in [-0.1, -0.05) is 23.2 Å². The van der Waals surface area contributed by atoms with E-state index < -0.39 is 0 Å². The summed E-state index contributed by atoms with van der Waals surface area (Å²) in [6.07, 6.45) is 0.655. The zero-order valence-corrected chi connectivity index (χ0v) is 11.3. The fourth-order valence-corrected chi connectivity index (χ4v) is 2.15. The van der Waals surface area contributed by atoms with Gasteiger partial charge in [-0.05, 0) is 30.2 Å². The van der Waals surface area contributed by atoms with E-state index in [1.807, 2.05) is 12.1 Å². The summed E-state index contributed by atoms with van der Waals surface area (Å²) in [4.78, 5) is 0. The lowest BCUT2D eigenvalue weighted by molar-refractivity contribution is 0.148. The zero-order chi connectivity index (χ0) is 12.7. The van der Waals surface area contributed by atoms with Gasteiger partial charge in [-0.25, -0.2) is 0 Å². The Labute approximate surface area is 112 Å². The molecule has 0 amide bonds. The van der Waals surface area contributed by atoms with E-state index in [1.165, 1.54) is 0 Å². The van der Waals surface area contributed by atoms with Crippen LogP contribution in [0, 0.1) is 0 Å². The molecule has 0 aliphatic rings. The normalized spacial score (nSPS) is 12.7. The van der Waals surface area contributed by atoms with E-state index >= 15 is 0 Å². The highest BCUT2D eigenvalue weighted by Gasteiger charge is 2.07. The number of hydrogen-bond acceptors (Lipinski definition) is 3. The van der Waals surface area contributed by atoms with Crippen LogP contribution in [0.1, 0.15) is 12.0 Å². The molecule has 1 atom stereocenters. The van der Waals surface area contributed by atoms with Crippen LogP contribution < -0.4 is 5.32 Å². The van der Waals surface area contributed by atoms with Crippen molar-refractivity contribution in [1.82, 2.24) is 5.32 Å². The monoisotopic (exact) mass is 277 g/mol. The topological polar surface area (TPSA) is 41.5 Å². The Hall–Kier alpha value is -0.320. The molecular weight excluding hydrogens is 261 g/mol. The Bertz CT molecular complexity index is 321. The predicted molar refractivity (Wildman–Crippen MR) is 70.7 cm³/mol. The number of methoxy groups -OCH3 is 1. The summed E-state index contributed by atoms with van der Waals surface area (Å²) in [5.41, 5.74) is 1.02. The number of aliphatic hydroxyl groups is 1. The maximum atomic E-state index is 8.91. The van der Waals surface area contributed by atoms with Crippen molar-refractivity contribution in [1.29, 1.82) is 0 Å². The number of benzene rings is 1. The van der Waals surface area contributed by atoms with Crippen LogP contribution in [0.4, 0.5) is 0 Å². The van der Waals surface area contributed by atoms with Gasteiger partial charge < -0.3 is 15.2 Å². The molecule has 0 saturated carbocycles. The molecule has 1 aromatic rings. The molecule has 2 N–H and O–H groups in total. The molecule has 5 heteroatoms. The SMILES string of the molecule is COCC(CCO)NCc1cc(Cl)cc(Cl)c1. The highest BCUT2D eigenvalue weighted by molar-refractivity contribution is 6.34. The first-order valence-corrected chi connectivity index (χ1v) is 6.19. The van der Waals surface area contributed by atoms with Gasteiger partial charge in [-0.3, -0.25) is 0 Å². The standard InChI is InChI=1S/C12H17Cl2NO2/c1-17-8-12(2-3-16)15-7-9-4-10(13)6-11(14)5-9/h4-6,12,15-16H,2-3,7-8H2,1H3. The summed E-state index contributed by atoms with van der Waals surface area (Å²) in [5, 5.41) is 13.5. The van der Waals surface area contributed by atoms with E-state index in [4.69, 9.17) is 33.0 Å². The van der Waals surface area contributed by atoms with Crippen molar-refractivity contribution in [2.75, 3.05) is 20.3 Å². The van der Waals surface area contributed by atoms with Crippen LogP contribution in [0.3, 0.4) is 0 Å². The molecule has 1 aromatic carbocycles. The fourth-order valence-electron chi connectivity index (χ4n) is 1.58. The Balaban J connectivity index is 2.52. The number of nitrogens with one attached hydrogen (secondary N) is 1. The lowest BCUT2D eigenvalue weighted by Crippen LogP contribution is -2.33. The zero-order valence-electron chi connectivity index (χ0n) is 9.75. The molecule has 1 unspecified atom stereocenters. The number of rotatable bonds is 7. The second-order valence-electron chi connectivity index (χ2n) is 3.82. The average Bonchev–Trinajstić information content (AvgIpc) is 2.25. The molecule has 0 radical (unpaired) electrons. The van der Waals surface area contributed by atoms with Crippen LogP contribution in [0.15, 0.2) is 18.2 Å². The molecule has 0 heterocycles. The number of hydrogen-bond donors (Lipinski definition) is 2. The van der Waals surface area contributed by atoms with Gasteiger partial charge in [0.05, 0.1) is 6.61 Å². The van der Waals surface area contributed by atoms with E-state index in [2.05, 4.69) is 5.32 Å². The Morgan fingerprint density at radius 2 is 1.94 bits per heavy atom. The van der Waals surface area contributed by atoms with Crippen molar-refractivity contribution in [2.45, 2.75) is 19.0 Å². The van der Waals surface area contributed by atoms with E-state index in [1.54, 1.807) is 13.2 Å². The highest BCUT2D eigenvalue weighted by atomic mass is 35.5. The van der Waals surface area contributed by atoms with Gasteiger partial charge in [-0.15, -0.1) is 0 Å². The third-order valence-corrected chi connectivity index (χ3v) is 2.80. The van der Waals surface area contributed by atoms with Gasteiger partial charge in [0.15, 0.2) is 0 Å². The Morgan fingerprint density at radius 1 is 1.29 bits per heavy atom. The lowest BCUT2D eigenvalue weighted by Gasteiger charge is -2.17. The molecule has 17 heavy (non-hydrogen) atoms. The number of halogens is 2. The molecule has 0 bridgehead atoms. The third-order valence-electron chi connectivity index (χ3n) is 2.36. The number of aliphatic hydroxyl groups excluding tert-OH is 1. The van der Waals surface area contributed by atoms with E-state index in [9.17, 15) is 0 Å². The van der Waals surface area contributed by atoms with Crippen molar-refractivity contribution in [3.05, 3.63) is 33.8 Å². The summed E-state index contributed by atoms with van der Waals surface area (Å²) in [7, 11) is 1.64. The first-order valence-electron chi connectivity index (χ1n) is 5.44. The maximum absolute atomic E-state index is 8.91. The molecule has 0 aliphatic heterocycles. The van der Waals surface area contributed by atoms with Crippen molar-refractivity contribution in [2.24, 2.45) is 0 Å². The summed E-state index contributed by atoms with van der Waals surface area (Å²) in [6.45, 7) is 1.35. The minimum Gasteiger partial charge on any atom is -0.396 e. The molecule has 0 saturated heterocycles. The molecule has 3 nitrogen and oxygen atoms in total. The van der Waals surface area contributed by atoms with Gasteiger partial charge in [-0.2, -0.15) is 0 Å². The lowest BCUT2D eigenvalue weighted by atomic mass is 10.2. The minimum atomic E-state index is 0.128. The summed E-state index contributed by atoms with van der Waals surface area (Å²) < 4.78 is 5.07. The summed E-state index contributed by atoms with van der Waals surface area (Å²) >= 11 is 11.8. The largest absolute Gasteiger partial charge is 0.396 e. The van der Waals surface area contributed by atoms with Crippen LogP contribution in [0.5, 0.6) is 0 Å². The molecule has 0 aromatic heterocycles. The molecule has 0 fully saturated rings. The van der Waals surface area contributed by atoms with Crippen LogP contribution in [-0.4, -0.2) is 31.5 Å². The van der Waals surface area contributed by atoms with Crippen molar-refractivity contribution in [3.8, 4) is 0 Å². The van der Waals surface area contributed by atoms with Crippen LogP contribution in [0.25, 0.3) is 0 Å². The first kappa shape index (κ1) is 14.7. The van der Waals surface area contributed by atoms with Crippen LogP contribution in [0.2, 0.25) is 10.0 Å². The van der Waals surface area contributed by atoms with E-state index in [0.717, 1.165) is 5.56 Å². The van der Waals surface area contributed by atoms with E-state index in [0.29, 0.717) is 29.6 Å². The van der Waals surface area contributed by atoms with E-state index in [-0.39, 0.29) is 12.6 Å². The van der Waals surface area contributed by atoms with Crippen molar-refractivity contribution in [3.63, 3.8) is 0 Å². The second kappa shape index (κ2) is 7.90. The van der Waals surface area contributed by atoms with Gasteiger partial charge >= 0.3 is 0 Å². The maximum Gasteiger partial charge on any atom is 0.0616 e.